The van der Waals surface area contributed by atoms with Crippen LogP contribution in [-0.4, -0.2) is 64.4 Å². The number of quaternary nitrogens is 1. The predicted octanol–water partition coefficient (Wildman–Crippen LogP) is 2.11. The molecular formula is C25H27N4O4+. The average Bonchev–Trinajstić information content (AvgIpc) is 3.19. The molecule has 2 atom stereocenters. The topological polar surface area (TPSA) is 101 Å². The molecular weight excluding hydrogens is 420 g/mol. The van der Waals surface area contributed by atoms with E-state index < -0.39 is 17.7 Å². The van der Waals surface area contributed by atoms with E-state index in [1.165, 1.54) is 6.20 Å². The molecule has 0 saturated carbocycles. The van der Waals surface area contributed by atoms with Crippen LogP contribution in [0.1, 0.15) is 17.5 Å². The van der Waals surface area contributed by atoms with Gasteiger partial charge in [-0.2, -0.15) is 5.10 Å². The van der Waals surface area contributed by atoms with Crippen molar-refractivity contribution in [2.24, 2.45) is 0 Å². The van der Waals surface area contributed by atoms with E-state index in [0.717, 1.165) is 0 Å². The Balaban J connectivity index is 1.45. The van der Waals surface area contributed by atoms with Gasteiger partial charge in [-0.1, -0.05) is 60.7 Å². The van der Waals surface area contributed by atoms with Gasteiger partial charge >= 0.3 is 5.97 Å². The summed E-state index contributed by atoms with van der Waals surface area (Å²) < 4.78 is 6.24. The summed E-state index contributed by atoms with van der Waals surface area (Å²) in [5.41, 5.74) is -1.03. The number of carbonyl (C=O) groups is 2. The number of hydrogen-bond acceptors (Lipinski definition) is 6. The number of amides is 1. The van der Waals surface area contributed by atoms with Crippen molar-refractivity contribution in [2.45, 2.75) is 18.1 Å². The number of benzene rings is 2. The molecule has 1 saturated heterocycles. The Labute approximate surface area is 192 Å². The van der Waals surface area contributed by atoms with Gasteiger partial charge in [0.1, 0.15) is 6.54 Å². The number of anilines is 1. The van der Waals surface area contributed by atoms with Gasteiger partial charge in [-0.15, -0.1) is 5.10 Å². The lowest BCUT2D eigenvalue weighted by molar-refractivity contribution is -0.890. The maximum absolute atomic E-state index is 13.3. The van der Waals surface area contributed by atoms with Gasteiger partial charge in [0.2, 0.25) is 5.60 Å². The molecule has 0 aliphatic carbocycles. The molecule has 1 amide bonds. The number of rotatable bonds is 7. The van der Waals surface area contributed by atoms with Crippen LogP contribution in [0.25, 0.3) is 0 Å². The third-order valence-corrected chi connectivity index (χ3v) is 5.95. The molecule has 170 valence electrons. The lowest BCUT2D eigenvalue weighted by Crippen LogP contribution is -2.48. The summed E-state index contributed by atoms with van der Waals surface area (Å²) >= 11 is 0. The van der Waals surface area contributed by atoms with Gasteiger partial charge in [-0.05, 0) is 23.3 Å². The molecule has 2 aromatic carbocycles. The molecule has 0 radical (unpaired) electrons. The van der Waals surface area contributed by atoms with E-state index in [4.69, 9.17) is 4.74 Å². The van der Waals surface area contributed by atoms with Crippen LogP contribution in [0.3, 0.4) is 0 Å². The molecule has 1 unspecified atom stereocenters. The summed E-state index contributed by atoms with van der Waals surface area (Å²) in [6.07, 6.45) is 1.72. The van der Waals surface area contributed by atoms with Crippen molar-refractivity contribution in [2.75, 3.05) is 32.0 Å². The van der Waals surface area contributed by atoms with Crippen molar-refractivity contribution in [1.82, 2.24) is 10.2 Å². The quantitative estimate of drug-likeness (QED) is 0.425. The highest BCUT2D eigenvalue weighted by atomic mass is 16.6. The zero-order valence-corrected chi connectivity index (χ0v) is 18.4. The van der Waals surface area contributed by atoms with E-state index in [1.807, 2.05) is 19.2 Å². The minimum Gasteiger partial charge on any atom is -0.453 e. The minimum atomic E-state index is -1.92. The van der Waals surface area contributed by atoms with Crippen LogP contribution in [0.2, 0.25) is 0 Å². The van der Waals surface area contributed by atoms with Crippen LogP contribution >= 0.6 is 0 Å². The van der Waals surface area contributed by atoms with Crippen LogP contribution < -0.4 is 5.32 Å². The summed E-state index contributed by atoms with van der Waals surface area (Å²) in [7, 11) is 1.95. The van der Waals surface area contributed by atoms with Gasteiger partial charge < -0.3 is 19.6 Å². The fourth-order valence-corrected chi connectivity index (χ4v) is 4.26. The molecule has 8 heteroatoms. The Bertz CT molecular complexity index is 1060. The number of esters is 1. The van der Waals surface area contributed by atoms with Crippen LogP contribution in [0.4, 0.5) is 5.82 Å². The first-order valence-corrected chi connectivity index (χ1v) is 10.8. The van der Waals surface area contributed by atoms with E-state index in [-0.39, 0.29) is 12.5 Å². The second kappa shape index (κ2) is 9.48. The first kappa shape index (κ1) is 22.6. The number of nitrogens with zero attached hydrogens (tertiary/aromatic N) is 3. The second-order valence-corrected chi connectivity index (χ2v) is 8.60. The van der Waals surface area contributed by atoms with E-state index in [0.29, 0.717) is 40.9 Å². The Hall–Kier alpha value is -3.62. The zero-order valence-electron chi connectivity index (χ0n) is 18.4. The molecule has 4 rings (SSSR count). The summed E-state index contributed by atoms with van der Waals surface area (Å²) in [5, 5.41) is 21.9. The molecule has 33 heavy (non-hydrogen) atoms. The van der Waals surface area contributed by atoms with Gasteiger partial charge in [0.05, 0.1) is 13.6 Å². The van der Waals surface area contributed by atoms with E-state index >= 15 is 0 Å². The third kappa shape index (κ3) is 5.08. The molecule has 1 fully saturated rings. The molecule has 8 nitrogen and oxygen atoms in total. The van der Waals surface area contributed by atoms with Crippen LogP contribution in [0, 0.1) is 0 Å². The summed E-state index contributed by atoms with van der Waals surface area (Å²) in [6, 6.07) is 21.0. The lowest BCUT2D eigenvalue weighted by atomic mass is 9.86. The van der Waals surface area contributed by atoms with Crippen LogP contribution in [0.5, 0.6) is 0 Å². The van der Waals surface area contributed by atoms with E-state index in [9.17, 15) is 14.7 Å². The van der Waals surface area contributed by atoms with Crippen molar-refractivity contribution in [3.05, 3.63) is 90.1 Å². The average molecular weight is 448 g/mol. The number of ether oxygens (including phenoxy) is 1. The van der Waals surface area contributed by atoms with Crippen molar-refractivity contribution in [3.8, 4) is 0 Å². The van der Waals surface area contributed by atoms with E-state index in [1.54, 1.807) is 60.7 Å². The fraction of sp³-hybridized carbons (Fsp3) is 0.280. The smallest absolute Gasteiger partial charge is 0.348 e. The number of aliphatic hydroxyl groups is 1. The lowest BCUT2D eigenvalue weighted by Gasteiger charge is -2.30. The van der Waals surface area contributed by atoms with Crippen molar-refractivity contribution in [3.63, 3.8) is 0 Å². The van der Waals surface area contributed by atoms with Gasteiger partial charge in [0.15, 0.2) is 18.5 Å². The predicted molar refractivity (Wildman–Crippen MR) is 122 cm³/mol. The number of likely N-dealkylation sites (N-methyl/N-ethyl adjacent to an activating group) is 1. The molecule has 1 aliphatic heterocycles. The third-order valence-electron chi connectivity index (χ3n) is 5.95. The number of carbonyl (C=O) groups excluding carboxylic acids is 2. The van der Waals surface area contributed by atoms with E-state index in [2.05, 4.69) is 15.5 Å². The highest BCUT2D eigenvalue weighted by Crippen LogP contribution is 2.32. The van der Waals surface area contributed by atoms with Crippen molar-refractivity contribution < 1.29 is 23.9 Å². The molecule has 2 heterocycles. The van der Waals surface area contributed by atoms with Gasteiger partial charge in [-0.25, -0.2) is 4.79 Å². The molecule has 1 aromatic heterocycles. The highest BCUT2D eigenvalue weighted by Gasteiger charge is 2.45. The molecule has 3 aromatic rings. The first-order chi connectivity index (χ1) is 15.9. The maximum atomic E-state index is 13.3. The van der Waals surface area contributed by atoms with Crippen molar-refractivity contribution >= 4 is 17.7 Å². The Morgan fingerprint density at radius 3 is 2.27 bits per heavy atom. The number of hydrogen-bond donors (Lipinski definition) is 2. The number of likely N-dealkylation sites (tertiary alicyclic amines) is 1. The molecule has 1 aliphatic rings. The summed E-state index contributed by atoms with van der Waals surface area (Å²) in [5.74, 6) is -0.510. The SMILES string of the molecule is C[N@@+]1(CC(=O)Nc2cccnn2)CCC(OC(=O)C(O)(c2ccccc2)c2ccccc2)C1. The standard InChI is InChI=1S/C25H26N4O4/c1-29(18-23(30)27-22-13-8-15-26-28-22)16-14-21(17-29)33-24(31)25(32,19-9-4-2-5-10-19)20-11-6-3-7-12-20/h2-13,15,21,32H,14,16-18H2,1H3/p+1/t21?,29-/m1/s1. The Morgan fingerprint density at radius 1 is 1.06 bits per heavy atom. The second-order valence-electron chi connectivity index (χ2n) is 8.60. The zero-order chi connectivity index (χ0) is 23.3. The monoisotopic (exact) mass is 447 g/mol. The number of nitrogens with one attached hydrogen (secondary N) is 1. The first-order valence-electron chi connectivity index (χ1n) is 10.8. The van der Waals surface area contributed by atoms with Crippen LogP contribution in [0.15, 0.2) is 79.0 Å². The fourth-order valence-electron chi connectivity index (χ4n) is 4.26. The van der Waals surface area contributed by atoms with Gasteiger partial charge in [-0.3, -0.25) is 4.79 Å². The molecule has 2 N–H and O–H groups in total. The maximum Gasteiger partial charge on any atom is 0.348 e. The van der Waals surface area contributed by atoms with Gasteiger partial charge in [0.25, 0.3) is 5.91 Å². The normalized spacial score (nSPS) is 20.2. The van der Waals surface area contributed by atoms with Crippen molar-refractivity contribution in [1.29, 1.82) is 0 Å². The summed E-state index contributed by atoms with van der Waals surface area (Å²) in [6.45, 7) is 1.35. The molecule has 0 bridgehead atoms. The molecule has 0 spiro atoms. The summed E-state index contributed by atoms with van der Waals surface area (Å²) in [4.78, 5) is 25.8. The number of aromatic nitrogens is 2. The van der Waals surface area contributed by atoms with Crippen LogP contribution in [-0.2, 0) is 19.9 Å². The minimum absolute atomic E-state index is 0.185. The largest absolute Gasteiger partial charge is 0.453 e. The highest BCUT2D eigenvalue weighted by molar-refractivity contribution is 5.90. The van der Waals surface area contributed by atoms with Gasteiger partial charge in [0, 0.05) is 12.6 Å². The Kier molecular flexibility index (Phi) is 6.48. The Morgan fingerprint density at radius 2 is 1.70 bits per heavy atom.